The van der Waals surface area contributed by atoms with E-state index >= 15 is 0 Å². The van der Waals surface area contributed by atoms with Gasteiger partial charge in [0.25, 0.3) is 11.7 Å². The molecule has 3 aliphatic rings. The summed E-state index contributed by atoms with van der Waals surface area (Å²) in [5.74, 6) is -0.588. The Morgan fingerprint density at radius 3 is 2.44 bits per heavy atom. The molecule has 8 heteroatoms. The maximum Gasteiger partial charge on any atom is 0.300 e. The third kappa shape index (κ3) is 4.01. The largest absolute Gasteiger partial charge is 0.506 e. The van der Waals surface area contributed by atoms with Crippen molar-refractivity contribution in [2.75, 3.05) is 19.1 Å². The maximum absolute atomic E-state index is 13.3. The molecule has 180 valence electrons. The summed E-state index contributed by atoms with van der Waals surface area (Å²) in [5, 5.41) is 15.1. The molecular weight excluding hydrogens is 460 g/mol. The molecule has 0 saturated carbocycles. The molecule has 36 heavy (non-hydrogen) atoms. The van der Waals surface area contributed by atoms with Crippen LogP contribution in [0, 0.1) is 0 Å². The van der Waals surface area contributed by atoms with Crippen molar-refractivity contribution < 1.29 is 28.7 Å². The molecular formula is C28H22N2O6. The molecule has 1 amide bonds. The minimum Gasteiger partial charge on any atom is -0.506 e. The highest BCUT2D eigenvalue weighted by molar-refractivity contribution is 6.51. The van der Waals surface area contributed by atoms with Crippen LogP contribution in [-0.4, -0.2) is 42.2 Å². The number of ketones is 1. The fourth-order valence-electron chi connectivity index (χ4n) is 4.41. The van der Waals surface area contributed by atoms with Crippen LogP contribution in [-0.2, 0) is 19.1 Å². The Morgan fingerprint density at radius 1 is 1.06 bits per heavy atom. The van der Waals surface area contributed by atoms with Crippen LogP contribution < -0.4 is 4.90 Å². The number of benzene rings is 1. The van der Waals surface area contributed by atoms with Crippen molar-refractivity contribution in [3.05, 3.63) is 106 Å². The molecule has 5 rings (SSSR count). The second-order valence-corrected chi connectivity index (χ2v) is 8.24. The number of aliphatic hydroxyl groups excluding tert-OH is 1. The van der Waals surface area contributed by atoms with Crippen molar-refractivity contribution in [1.82, 2.24) is 5.16 Å². The number of Topliss-reactive ketones (excluding diaryl/α,β-unsaturated/α-hetero) is 1. The fourth-order valence-corrected chi connectivity index (χ4v) is 4.41. The Balaban J connectivity index is 1.64. The number of carbonyl (C=O) groups is 2. The first kappa shape index (κ1) is 23.0. The van der Waals surface area contributed by atoms with E-state index < -0.39 is 17.7 Å². The zero-order valence-corrected chi connectivity index (χ0v) is 19.6. The standard InChI is InChI=1S/C28H22N2O6/c1-34-21-11-5-18(6-12-21)25-24(26(31)19-7-13-22(35-2)14-8-19)27(32)28(33)30(25)20-9-3-17(4-10-20)23-15-16-36-29-23/h3-5,7,9-11,13,15-16,25,31H,6,12H2,1-2H3/b26-24-. The van der Waals surface area contributed by atoms with Gasteiger partial charge < -0.3 is 19.1 Å². The predicted molar refractivity (Wildman–Crippen MR) is 130 cm³/mol. The lowest BCUT2D eigenvalue weighted by Gasteiger charge is -2.28. The van der Waals surface area contributed by atoms with E-state index in [1.54, 1.807) is 49.6 Å². The van der Waals surface area contributed by atoms with Gasteiger partial charge in [-0.2, -0.15) is 0 Å². The lowest BCUT2D eigenvalue weighted by molar-refractivity contribution is -0.132. The van der Waals surface area contributed by atoms with Gasteiger partial charge >= 0.3 is 0 Å². The van der Waals surface area contributed by atoms with Crippen LogP contribution >= 0.6 is 0 Å². The molecule has 1 fully saturated rings. The second kappa shape index (κ2) is 9.47. The zero-order chi connectivity index (χ0) is 25.2. The predicted octanol–water partition coefficient (Wildman–Crippen LogP) is 4.47. The van der Waals surface area contributed by atoms with E-state index in [1.807, 2.05) is 12.2 Å². The monoisotopic (exact) mass is 482 g/mol. The van der Waals surface area contributed by atoms with Crippen LogP contribution in [0.3, 0.4) is 0 Å². The van der Waals surface area contributed by atoms with E-state index in [9.17, 15) is 14.7 Å². The Labute approximate surface area is 207 Å². The van der Waals surface area contributed by atoms with Gasteiger partial charge in [-0.3, -0.25) is 14.5 Å². The van der Waals surface area contributed by atoms with Gasteiger partial charge in [0, 0.05) is 23.7 Å². The molecule has 8 nitrogen and oxygen atoms in total. The summed E-state index contributed by atoms with van der Waals surface area (Å²) in [6, 6.07) is 8.02. The number of aliphatic hydroxyl groups is 1. The maximum atomic E-state index is 13.3. The molecule has 2 aromatic rings. The third-order valence-electron chi connectivity index (χ3n) is 6.28. The molecule has 1 aromatic heterocycles. The van der Waals surface area contributed by atoms with Crippen molar-refractivity contribution in [3.8, 4) is 11.3 Å². The van der Waals surface area contributed by atoms with Gasteiger partial charge in [0.2, 0.25) is 0 Å². The first-order valence-corrected chi connectivity index (χ1v) is 11.3. The van der Waals surface area contributed by atoms with E-state index in [-0.39, 0.29) is 16.9 Å². The highest BCUT2D eigenvalue weighted by Gasteiger charge is 2.48. The number of aromatic nitrogens is 1. The van der Waals surface area contributed by atoms with Crippen LogP contribution in [0.25, 0.3) is 11.3 Å². The van der Waals surface area contributed by atoms with Crippen molar-refractivity contribution in [1.29, 1.82) is 0 Å². The molecule has 1 N–H and O–H groups in total. The van der Waals surface area contributed by atoms with Crippen molar-refractivity contribution in [2.24, 2.45) is 0 Å². The number of rotatable bonds is 6. The van der Waals surface area contributed by atoms with Crippen molar-refractivity contribution in [3.63, 3.8) is 0 Å². The first-order chi connectivity index (χ1) is 17.5. The number of methoxy groups -OCH3 is 2. The summed E-state index contributed by atoms with van der Waals surface area (Å²) in [7, 11) is 3.10. The summed E-state index contributed by atoms with van der Waals surface area (Å²) >= 11 is 0. The van der Waals surface area contributed by atoms with Gasteiger partial charge in [-0.05, 0) is 48.1 Å². The zero-order valence-electron chi connectivity index (χ0n) is 19.6. The van der Waals surface area contributed by atoms with Gasteiger partial charge in [-0.1, -0.05) is 29.1 Å². The van der Waals surface area contributed by atoms with E-state index in [0.29, 0.717) is 30.0 Å². The van der Waals surface area contributed by atoms with Crippen molar-refractivity contribution >= 4 is 17.4 Å². The molecule has 0 spiro atoms. The Morgan fingerprint density at radius 2 is 1.86 bits per heavy atom. The summed E-state index contributed by atoms with van der Waals surface area (Å²) in [6.45, 7) is 0. The molecule has 1 saturated heterocycles. The van der Waals surface area contributed by atoms with Gasteiger partial charge in [0.05, 0.1) is 37.2 Å². The molecule has 0 radical (unpaired) electrons. The lowest BCUT2D eigenvalue weighted by Crippen LogP contribution is -2.36. The Hall–Kier alpha value is -4.77. The normalized spacial score (nSPS) is 20.6. The summed E-state index contributed by atoms with van der Waals surface area (Å²) in [6.07, 6.45) is 9.47. The number of carbonyl (C=O) groups excluding carboxylic acids is 2. The minimum atomic E-state index is -0.798. The Bertz CT molecular complexity index is 1460. The average molecular weight is 482 g/mol. The molecule has 1 unspecified atom stereocenters. The highest BCUT2D eigenvalue weighted by atomic mass is 16.5. The molecule has 1 aliphatic heterocycles. The van der Waals surface area contributed by atoms with E-state index in [2.05, 4.69) is 16.6 Å². The average Bonchev–Trinajstić information content (AvgIpc) is 3.56. The number of hydrogen-bond acceptors (Lipinski definition) is 7. The van der Waals surface area contributed by atoms with Gasteiger partial charge in [0.15, 0.2) is 5.76 Å². The van der Waals surface area contributed by atoms with Crippen LogP contribution in [0.2, 0.25) is 0 Å². The third-order valence-corrected chi connectivity index (χ3v) is 6.28. The van der Waals surface area contributed by atoms with Crippen LogP contribution in [0.1, 0.15) is 12.8 Å². The lowest BCUT2D eigenvalue weighted by atomic mass is 9.89. The highest BCUT2D eigenvalue weighted by Crippen LogP contribution is 2.39. The number of anilines is 1. The molecule has 0 bridgehead atoms. The number of nitrogens with zero attached hydrogens (tertiary/aromatic N) is 2. The smallest absolute Gasteiger partial charge is 0.300 e. The minimum absolute atomic E-state index is 0.00379. The van der Waals surface area contributed by atoms with Crippen LogP contribution in [0.4, 0.5) is 5.69 Å². The Kier molecular flexibility index (Phi) is 6.05. The quantitative estimate of drug-likeness (QED) is 0.281. The van der Waals surface area contributed by atoms with E-state index in [0.717, 1.165) is 16.9 Å². The number of hydrogen-bond donors (Lipinski definition) is 1. The van der Waals surface area contributed by atoms with Gasteiger partial charge in [0.1, 0.15) is 17.7 Å². The SMILES string of the molecule is COC1=C=C=C(/C(O)=C2/C(=O)C(=O)N(c3ccc(-c4ccon4)cc3)C2C2=CC=C(OC)CC2)C=C1. The number of amides is 1. The topological polar surface area (TPSA) is 102 Å². The molecule has 2 aliphatic carbocycles. The molecule has 1 atom stereocenters. The van der Waals surface area contributed by atoms with Gasteiger partial charge in [-0.25, -0.2) is 0 Å². The summed E-state index contributed by atoms with van der Waals surface area (Å²) in [4.78, 5) is 28.1. The van der Waals surface area contributed by atoms with E-state index in [1.165, 1.54) is 18.3 Å². The van der Waals surface area contributed by atoms with Gasteiger partial charge in [-0.15, -0.1) is 0 Å². The first-order valence-electron chi connectivity index (χ1n) is 11.3. The molecule has 1 aromatic carbocycles. The molecule has 2 heterocycles. The van der Waals surface area contributed by atoms with E-state index in [4.69, 9.17) is 14.0 Å². The number of allylic oxidation sites excluding steroid dienone is 5. The second-order valence-electron chi connectivity index (χ2n) is 8.24. The fraction of sp³-hybridized carbons (Fsp3) is 0.179. The summed E-state index contributed by atoms with van der Waals surface area (Å²) < 4.78 is 15.4. The van der Waals surface area contributed by atoms with Crippen molar-refractivity contribution in [2.45, 2.75) is 18.9 Å². The van der Waals surface area contributed by atoms with Crippen LogP contribution in [0.5, 0.6) is 0 Å². The number of ether oxygens (including phenoxy) is 2. The summed E-state index contributed by atoms with van der Waals surface area (Å²) in [5.41, 5.74) is 8.60. The van der Waals surface area contributed by atoms with Crippen LogP contribution in [0.15, 0.2) is 111 Å².